The Hall–Kier alpha value is -1.00. The molecule has 2 unspecified atom stereocenters. The molecule has 0 aliphatic heterocycles. The van der Waals surface area contributed by atoms with Crippen molar-refractivity contribution < 1.29 is 4.39 Å². The molecule has 1 heterocycles. The van der Waals surface area contributed by atoms with E-state index in [1.807, 2.05) is 7.05 Å². The topological polar surface area (TPSA) is 28.2 Å². The van der Waals surface area contributed by atoms with E-state index in [1.54, 1.807) is 6.07 Å². The molecular formula is C16H28FN3. The van der Waals surface area contributed by atoms with Crippen LogP contribution in [0.4, 0.5) is 4.39 Å². The molecule has 3 nitrogen and oxygen atoms in total. The van der Waals surface area contributed by atoms with Crippen LogP contribution >= 0.6 is 0 Å². The van der Waals surface area contributed by atoms with Crippen molar-refractivity contribution in [3.05, 3.63) is 29.8 Å². The lowest BCUT2D eigenvalue weighted by atomic mass is 9.97. The highest BCUT2D eigenvalue weighted by atomic mass is 19.1. The third kappa shape index (κ3) is 5.55. The zero-order chi connectivity index (χ0) is 15.0. The van der Waals surface area contributed by atoms with Gasteiger partial charge >= 0.3 is 0 Å². The Morgan fingerprint density at radius 2 is 2.10 bits per heavy atom. The maximum absolute atomic E-state index is 12.9. The molecule has 0 aliphatic rings. The number of aromatic nitrogens is 1. The number of unbranched alkanes of at least 4 members (excludes halogenated alkanes) is 2. The van der Waals surface area contributed by atoms with E-state index >= 15 is 0 Å². The van der Waals surface area contributed by atoms with E-state index in [9.17, 15) is 4.39 Å². The van der Waals surface area contributed by atoms with Gasteiger partial charge in [-0.25, -0.2) is 4.39 Å². The van der Waals surface area contributed by atoms with Crippen LogP contribution in [0.3, 0.4) is 0 Å². The Morgan fingerprint density at radius 1 is 1.35 bits per heavy atom. The third-order valence-corrected chi connectivity index (χ3v) is 3.69. The number of rotatable bonds is 9. The van der Waals surface area contributed by atoms with Crippen LogP contribution in [0, 0.1) is 11.7 Å². The molecule has 0 aromatic carbocycles. The Balaban J connectivity index is 2.54. The van der Waals surface area contributed by atoms with Crippen LogP contribution in [0.2, 0.25) is 0 Å². The SMILES string of the molecule is CCCCCN(C)CC(C)C(NC)c1ccc(F)cn1. The summed E-state index contributed by atoms with van der Waals surface area (Å²) in [4.78, 5) is 6.57. The van der Waals surface area contributed by atoms with Crippen molar-refractivity contribution in [1.29, 1.82) is 0 Å². The van der Waals surface area contributed by atoms with E-state index in [0.29, 0.717) is 5.92 Å². The van der Waals surface area contributed by atoms with Crippen LogP contribution < -0.4 is 5.32 Å². The summed E-state index contributed by atoms with van der Waals surface area (Å²) < 4.78 is 12.9. The van der Waals surface area contributed by atoms with Gasteiger partial charge < -0.3 is 10.2 Å². The summed E-state index contributed by atoms with van der Waals surface area (Å²) in [5.41, 5.74) is 0.906. The Morgan fingerprint density at radius 3 is 2.65 bits per heavy atom. The molecule has 1 rings (SSSR count). The van der Waals surface area contributed by atoms with Gasteiger partial charge in [-0.2, -0.15) is 0 Å². The van der Waals surface area contributed by atoms with Gasteiger partial charge in [0.05, 0.1) is 17.9 Å². The number of halogens is 1. The van der Waals surface area contributed by atoms with Gasteiger partial charge in [0.2, 0.25) is 0 Å². The Labute approximate surface area is 122 Å². The van der Waals surface area contributed by atoms with Crippen molar-refractivity contribution in [2.75, 3.05) is 27.2 Å². The summed E-state index contributed by atoms with van der Waals surface area (Å²) in [6.45, 7) is 6.57. The third-order valence-electron chi connectivity index (χ3n) is 3.69. The van der Waals surface area contributed by atoms with Gasteiger partial charge in [-0.05, 0) is 45.1 Å². The lowest BCUT2D eigenvalue weighted by Gasteiger charge is -2.27. The number of nitrogens with one attached hydrogen (secondary N) is 1. The van der Waals surface area contributed by atoms with E-state index in [4.69, 9.17) is 0 Å². The zero-order valence-electron chi connectivity index (χ0n) is 13.2. The van der Waals surface area contributed by atoms with Crippen molar-refractivity contribution >= 4 is 0 Å². The number of hydrogen-bond donors (Lipinski definition) is 1. The minimum Gasteiger partial charge on any atom is -0.311 e. The first-order valence-electron chi connectivity index (χ1n) is 7.55. The van der Waals surface area contributed by atoms with Gasteiger partial charge in [0.1, 0.15) is 5.82 Å². The molecule has 0 saturated carbocycles. The van der Waals surface area contributed by atoms with Crippen molar-refractivity contribution in [2.24, 2.45) is 5.92 Å². The molecule has 2 atom stereocenters. The average Bonchev–Trinajstić information content (AvgIpc) is 2.42. The van der Waals surface area contributed by atoms with Gasteiger partial charge in [-0.3, -0.25) is 4.98 Å². The van der Waals surface area contributed by atoms with E-state index < -0.39 is 0 Å². The van der Waals surface area contributed by atoms with Gasteiger partial charge in [-0.1, -0.05) is 26.7 Å². The molecule has 0 spiro atoms. The zero-order valence-corrected chi connectivity index (χ0v) is 13.2. The molecule has 1 aromatic rings. The maximum Gasteiger partial charge on any atom is 0.141 e. The molecule has 1 aromatic heterocycles. The second kappa shape index (κ2) is 9.03. The second-order valence-corrected chi connectivity index (χ2v) is 5.61. The minimum atomic E-state index is -0.284. The predicted molar refractivity (Wildman–Crippen MR) is 82.2 cm³/mol. The quantitative estimate of drug-likeness (QED) is 0.704. The summed E-state index contributed by atoms with van der Waals surface area (Å²) in [7, 11) is 4.10. The normalized spacial score (nSPS) is 14.5. The van der Waals surface area contributed by atoms with E-state index in [2.05, 4.69) is 36.1 Å². The fourth-order valence-electron chi connectivity index (χ4n) is 2.62. The first-order valence-corrected chi connectivity index (χ1v) is 7.55. The summed E-state index contributed by atoms with van der Waals surface area (Å²) in [6.07, 6.45) is 5.08. The highest BCUT2D eigenvalue weighted by molar-refractivity contribution is 5.10. The predicted octanol–water partition coefficient (Wildman–Crippen LogP) is 3.24. The first kappa shape index (κ1) is 17.1. The number of pyridine rings is 1. The molecule has 1 N–H and O–H groups in total. The Kier molecular flexibility index (Phi) is 7.70. The number of hydrogen-bond acceptors (Lipinski definition) is 3. The summed E-state index contributed by atoms with van der Waals surface area (Å²) in [6, 6.07) is 3.40. The minimum absolute atomic E-state index is 0.157. The van der Waals surface area contributed by atoms with Crippen LogP contribution in [0.5, 0.6) is 0 Å². The molecule has 0 bridgehead atoms. The molecule has 0 saturated heterocycles. The highest BCUT2D eigenvalue weighted by Gasteiger charge is 2.20. The lowest BCUT2D eigenvalue weighted by Crippen LogP contribution is -2.33. The molecule has 0 fully saturated rings. The lowest BCUT2D eigenvalue weighted by molar-refractivity contribution is 0.246. The Bertz CT molecular complexity index is 366. The fourth-order valence-corrected chi connectivity index (χ4v) is 2.62. The van der Waals surface area contributed by atoms with E-state index in [0.717, 1.165) is 18.8 Å². The van der Waals surface area contributed by atoms with Crippen molar-refractivity contribution in [3.8, 4) is 0 Å². The van der Waals surface area contributed by atoms with Crippen LogP contribution in [-0.4, -0.2) is 37.1 Å². The molecule has 0 radical (unpaired) electrons. The second-order valence-electron chi connectivity index (χ2n) is 5.61. The molecular weight excluding hydrogens is 253 g/mol. The monoisotopic (exact) mass is 281 g/mol. The molecule has 0 amide bonds. The van der Waals surface area contributed by atoms with E-state index in [-0.39, 0.29) is 11.9 Å². The van der Waals surface area contributed by atoms with Crippen LogP contribution in [0.25, 0.3) is 0 Å². The summed E-state index contributed by atoms with van der Waals surface area (Å²) in [5, 5.41) is 3.30. The average molecular weight is 281 g/mol. The summed E-state index contributed by atoms with van der Waals surface area (Å²) >= 11 is 0. The van der Waals surface area contributed by atoms with Gasteiger partial charge in [0, 0.05) is 6.54 Å². The van der Waals surface area contributed by atoms with Crippen LogP contribution in [-0.2, 0) is 0 Å². The van der Waals surface area contributed by atoms with Gasteiger partial charge in [0.15, 0.2) is 0 Å². The van der Waals surface area contributed by atoms with Crippen molar-refractivity contribution in [2.45, 2.75) is 39.2 Å². The largest absolute Gasteiger partial charge is 0.311 e. The standard InChI is InChI=1S/C16H28FN3/c1-5-6-7-10-20(4)12-13(2)16(18-3)15-9-8-14(17)11-19-15/h8-9,11,13,16,18H,5-7,10,12H2,1-4H3. The number of nitrogens with zero attached hydrogens (tertiary/aromatic N) is 2. The molecule has 20 heavy (non-hydrogen) atoms. The molecule has 0 aliphatic carbocycles. The van der Waals surface area contributed by atoms with Crippen molar-refractivity contribution in [3.63, 3.8) is 0 Å². The van der Waals surface area contributed by atoms with Crippen LogP contribution in [0.15, 0.2) is 18.3 Å². The molecule has 114 valence electrons. The van der Waals surface area contributed by atoms with Gasteiger partial charge in [-0.15, -0.1) is 0 Å². The fraction of sp³-hybridized carbons (Fsp3) is 0.688. The first-order chi connectivity index (χ1) is 9.58. The maximum atomic E-state index is 12.9. The highest BCUT2D eigenvalue weighted by Crippen LogP contribution is 2.20. The van der Waals surface area contributed by atoms with Gasteiger partial charge in [0.25, 0.3) is 0 Å². The molecule has 4 heteroatoms. The van der Waals surface area contributed by atoms with E-state index in [1.165, 1.54) is 31.5 Å². The van der Waals surface area contributed by atoms with Crippen molar-refractivity contribution in [1.82, 2.24) is 15.2 Å². The van der Waals surface area contributed by atoms with Crippen LogP contribution in [0.1, 0.15) is 44.8 Å². The summed E-state index contributed by atoms with van der Waals surface area (Å²) in [5.74, 6) is 0.137. The smallest absolute Gasteiger partial charge is 0.141 e.